The van der Waals surface area contributed by atoms with E-state index < -0.39 is 11.9 Å². The van der Waals surface area contributed by atoms with Crippen molar-refractivity contribution < 1.29 is 28.9 Å². The van der Waals surface area contributed by atoms with Gasteiger partial charge in [-0.15, -0.1) is 0 Å². The number of hydrogen-bond donors (Lipinski definition) is 1. The molecule has 0 unspecified atom stereocenters. The minimum Gasteiger partial charge on any atom is -0.506 e. The van der Waals surface area contributed by atoms with E-state index in [-0.39, 0.29) is 23.0 Å². The largest absolute Gasteiger partial charge is 0.506 e. The minimum atomic E-state index is -0.759. The number of hydrogen-bond acceptors (Lipinski definition) is 7. The zero-order valence-corrected chi connectivity index (χ0v) is 24.0. The van der Waals surface area contributed by atoms with Crippen LogP contribution in [0.25, 0.3) is 6.08 Å². The molecule has 0 fully saturated rings. The highest BCUT2D eigenvalue weighted by atomic mass is 79.9. The number of aliphatic hydroxyl groups is 1. The summed E-state index contributed by atoms with van der Waals surface area (Å²) in [6.07, 6.45) is 1.67. The highest BCUT2D eigenvalue weighted by molar-refractivity contribution is 9.10. The van der Waals surface area contributed by atoms with Crippen molar-refractivity contribution >= 4 is 50.7 Å². The van der Waals surface area contributed by atoms with Crippen molar-refractivity contribution in [3.8, 4) is 11.5 Å². The second-order valence-corrected chi connectivity index (χ2v) is 10.3. The molecule has 39 heavy (non-hydrogen) atoms. The average Bonchev–Trinajstić information content (AvgIpc) is 3.22. The van der Waals surface area contributed by atoms with Gasteiger partial charge in [0, 0.05) is 5.56 Å². The molecule has 0 atom stereocenters. The van der Waals surface area contributed by atoms with Crippen LogP contribution in [0.1, 0.15) is 34.0 Å². The van der Waals surface area contributed by atoms with E-state index in [0.29, 0.717) is 38.6 Å². The first-order valence-corrected chi connectivity index (χ1v) is 13.7. The standard InChI is InChI=1S/C30H26BrNO6S/c1-4-37-30(35)25-26(33)24(39-29(25)32-28(34)21-12-10-18(2)11-13-21)16-20-14-22(31)27(23(15-20)36-3)38-17-19-8-6-5-7-9-19/h5-16,33H,4,17H2,1-3H3/b24-16-,32-29?. The third-order valence-electron chi connectivity index (χ3n) is 5.65. The lowest BCUT2D eigenvalue weighted by Gasteiger charge is -2.14. The first kappa shape index (κ1) is 28.2. The second kappa shape index (κ2) is 12.8. The molecule has 0 radical (unpaired) electrons. The molecule has 0 aromatic heterocycles. The van der Waals surface area contributed by atoms with Gasteiger partial charge in [-0.1, -0.05) is 59.8 Å². The molecule has 4 rings (SSSR count). The maximum Gasteiger partial charge on any atom is 0.344 e. The number of benzene rings is 3. The van der Waals surface area contributed by atoms with Crippen molar-refractivity contribution in [2.45, 2.75) is 20.5 Å². The Kier molecular flexibility index (Phi) is 9.27. The second-order valence-electron chi connectivity index (χ2n) is 8.45. The van der Waals surface area contributed by atoms with Crippen LogP contribution < -0.4 is 9.47 Å². The lowest BCUT2D eigenvalue weighted by Crippen LogP contribution is -2.14. The van der Waals surface area contributed by atoms with Crippen LogP contribution >= 0.6 is 27.7 Å². The number of amides is 1. The van der Waals surface area contributed by atoms with Crippen LogP contribution in [-0.4, -0.2) is 35.7 Å². The summed E-state index contributed by atoms with van der Waals surface area (Å²) in [6, 6.07) is 20.2. The Balaban J connectivity index is 1.66. The first-order valence-electron chi connectivity index (χ1n) is 12.0. The molecular formula is C30H26BrNO6S. The number of thioether (sulfide) groups is 1. The zero-order valence-electron chi connectivity index (χ0n) is 21.6. The van der Waals surface area contributed by atoms with Crippen LogP contribution in [0.4, 0.5) is 0 Å². The quantitative estimate of drug-likeness (QED) is 0.274. The number of carbonyl (C=O) groups excluding carboxylic acids is 2. The Labute approximate surface area is 239 Å². The van der Waals surface area contributed by atoms with Crippen LogP contribution in [0.2, 0.25) is 0 Å². The highest BCUT2D eigenvalue weighted by Crippen LogP contribution is 2.42. The number of esters is 1. The number of carbonyl (C=O) groups is 2. The molecule has 1 aliphatic heterocycles. The summed E-state index contributed by atoms with van der Waals surface area (Å²) in [7, 11) is 1.54. The first-order chi connectivity index (χ1) is 18.8. The van der Waals surface area contributed by atoms with Crippen molar-refractivity contribution in [2.24, 2.45) is 4.99 Å². The number of ether oxygens (including phenoxy) is 3. The molecular weight excluding hydrogens is 582 g/mol. The summed E-state index contributed by atoms with van der Waals surface area (Å²) < 4.78 is 17.3. The number of aliphatic hydroxyl groups excluding tert-OH is 1. The Morgan fingerprint density at radius 1 is 1.08 bits per heavy atom. The summed E-state index contributed by atoms with van der Waals surface area (Å²) in [5, 5.41) is 11.1. The zero-order chi connectivity index (χ0) is 27.9. The predicted octanol–water partition coefficient (Wildman–Crippen LogP) is 7.05. The molecule has 0 aliphatic carbocycles. The van der Waals surface area contributed by atoms with Crippen molar-refractivity contribution in [3.05, 3.63) is 110 Å². The smallest absolute Gasteiger partial charge is 0.344 e. The topological polar surface area (TPSA) is 94.4 Å². The Hall–Kier alpha value is -3.82. The fourth-order valence-electron chi connectivity index (χ4n) is 3.69. The lowest BCUT2D eigenvalue weighted by atomic mass is 10.1. The van der Waals surface area contributed by atoms with E-state index in [2.05, 4.69) is 20.9 Å². The third-order valence-corrected chi connectivity index (χ3v) is 7.26. The summed E-state index contributed by atoms with van der Waals surface area (Å²) in [4.78, 5) is 30.0. The van der Waals surface area contributed by atoms with Gasteiger partial charge in [-0.25, -0.2) is 9.79 Å². The molecule has 7 nitrogen and oxygen atoms in total. The van der Waals surface area contributed by atoms with Gasteiger partial charge in [-0.3, -0.25) is 4.79 Å². The maximum absolute atomic E-state index is 12.8. The average molecular weight is 609 g/mol. The van der Waals surface area contributed by atoms with E-state index in [4.69, 9.17) is 14.2 Å². The normalized spacial score (nSPS) is 15.1. The fraction of sp³-hybridized carbons (Fsp3) is 0.167. The van der Waals surface area contributed by atoms with E-state index in [1.807, 2.05) is 37.3 Å². The van der Waals surface area contributed by atoms with Gasteiger partial charge in [-0.05, 0) is 71.2 Å². The Bertz CT molecular complexity index is 1480. The van der Waals surface area contributed by atoms with Crippen molar-refractivity contribution in [1.29, 1.82) is 0 Å². The van der Waals surface area contributed by atoms with Crippen LogP contribution in [0, 0.1) is 6.92 Å². The van der Waals surface area contributed by atoms with E-state index in [0.717, 1.165) is 22.9 Å². The van der Waals surface area contributed by atoms with Gasteiger partial charge in [0.1, 0.15) is 23.0 Å². The van der Waals surface area contributed by atoms with E-state index in [9.17, 15) is 14.7 Å². The van der Waals surface area contributed by atoms with Crippen molar-refractivity contribution in [2.75, 3.05) is 13.7 Å². The van der Waals surface area contributed by atoms with Crippen LogP contribution in [-0.2, 0) is 16.1 Å². The van der Waals surface area contributed by atoms with Gasteiger partial charge in [0.2, 0.25) is 0 Å². The molecule has 0 saturated heterocycles. The monoisotopic (exact) mass is 607 g/mol. The van der Waals surface area contributed by atoms with Gasteiger partial charge < -0.3 is 19.3 Å². The number of nitrogens with zero attached hydrogens (tertiary/aromatic N) is 1. The molecule has 0 saturated carbocycles. The van der Waals surface area contributed by atoms with E-state index in [1.165, 1.54) is 7.11 Å². The molecule has 0 spiro atoms. The van der Waals surface area contributed by atoms with Crippen molar-refractivity contribution in [1.82, 2.24) is 0 Å². The predicted molar refractivity (Wildman–Crippen MR) is 156 cm³/mol. The highest BCUT2D eigenvalue weighted by Gasteiger charge is 2.34. The molecule has 1 aliphatic rings. The molecule has 3 aromatic rings. The van der Waals surface area contributed by atoms with Gasteiger partial charge in [-0.2, -0.15) is 0 Å². The number of aliphatic imine (C=N–C) groups is 1. The van der Waals surface area contributed by atoms with Gasteiger partial charge >= 0.3 is 5.97 Å². The molecule has 1 N–H and O–H groups in total. The summed E-state index contributed by atoms with van der Waals surface area (Å²) in [5.41, 5.74) is 2.89. The maximum atomic E-state index is 12.8. The van der Waals surface area contributed by atoms with Crippen LogP contribution in [0.15, 0.2) is 92.4 Å². The summed E-state index contributed by atoms with van der Waals surface area (Å²) in [6.45, 7) is 4.03. The Morgan fingerprint density at radius 2 is 1.79 bits per heavy atom. The van der Waals surface area contributed by atoms with Crippen LogP contribution in [0.5, 0.6) is 11.5 Å². The minimum absolute atomic E-state index is 0.0663. The molecule has 9 heteroatoms. The Morgan fingerprint density at radius 3 is 2.46 bits per heavy atom. The fourth-order valence-corrected chi connectivity index (χ4v) is 5.28. The number of halogens is 1. The molecule has 1 amide bonds. The van der Waals surface area contributed by atoms with Gasteiger partial charge in [0.25, 0.3) is 5.91 Å². The molecule has 1 heterocycles. The number of methoxy groups -OCH3 is 1. The summed E-state index contributed by atoms with van der Waals surface area (Å²) in [5.74, 6) is -0.593. The van der Waals surface area contributed by atoms with E-state index >= 15 is 0 Å². The molecule has 3 aromatic carbocycles. The van der Waals surface area contributed by atoms with Crippen molar-refractivity contribution in [3.63, 3.8) is 0 Å². The summed E-state index contributed by atoms with van der Waals surface area (Å²) >= 11 is 4.56. The van der Waals surface area contributed by atoms with Crippen LogP contribution in [0.3, 0.4) is 0 Å². The molecule has 0 bridgehead atoms. The SMILES string of the molecule is CCOC(=O)C1=C(O)/C(=C/c2cc(Br)c(OCc3ccccc3)c(OC)c2)SC1=NC(=O)c1ccc(C)cc1. The molecule has 200 valence electrons. The van der Waals surface area contributed by atoms with Gasteiger partial charge in [0.15, 0.2) is 11.5 Å². The third kappa shape index (κ3) is 6.79. The van der Waals surface area contributed by atoms with E-state index in [1.54, 1.807) is 49.4 Å². The number of aryl methyl sites for hydroxylation is 1. The number of rotatable bonds is 8. The lowest BCUT2D eigenvalue weighted by molar-refractivity contribution is -0.138. The van der Waals surface area contributed by atoms with Gasteiger partial charge in [0.05, 0.1) is 23.1 Å².